The van der Waals surface area contributed by atoms with Crippen LogP contribution < -0.4 is 4.74 Å². The Balaban J connectivity index is 2.22. The minimum Gasteiger partial charge on any atom is -0.454 e. The van der Waals surface area contributed by atoms with Crippen molar-refractivity contribution in [1.29, 1.82) is 5.26 Å². The van der Waals surface area contributed by atoms with Gasteiger partial charge in [0, 0.05) is 6.61 Å². The minimum atomic E-state index is -0.608. The van der Waals surface area contributed by atoms with Crippen molar-refractivity contribution < 1.29 is 14.2 Å². The fraction of sp³-hybridized carbons (Fsp3) is 0.133. The molecule has 2 rings (SSSR count). The normalized spacial score (nSPS) is 10.1. The fourth-order valence-corrected chi connectivity index (χ4v) is 2.09. The van der Waals surface area contributed by atoms with Crippen molar-refractivity contribution in [3.05, 3.63) is 57.8 Å². The standard InChI is InChI=1S/C15H11BrFNO2/c16-14-11(9-18)3-6-13(15(14)17)20-12-4-1-10(2-5-12)7-8-19/h1-6,19H,7-8H2. The number of nitriles is 1. The van der Waals surface area contributed by atoms with Crippen LogP contribution in [0.5, 0.6) is 11.5 Å². The molecule has 5 heteroatoms. The lowest BCUT2D eigenvalue weighted by molar-refractivity contribution is 0.299. The highest BCUT2D eigenvalue weighted by Gasteiger charge is 2.12. The molecule has 0 aliphatic rings. The molecule has 0 fully saturated rings. The Hall–Kier alpha value is -1.90. The first-order chi connectivity index (χ1) is 9.65. The van der Waals surface area contributed by atoms with Crippen LogP contribution in [-0.4, -0.2) is 11.7 Å². The predicted octanol–water partition coefficient (Wildman–Crippen LogP) is 3.79. The maximum atomic E-state index is 14.0. The average molecular weight is 336 g/mol. The van der Waals surface area contributed by atoms with Crippen LogP contribution in [0, 0.1) is 17.1 Å². The first kappa shape index (κ1) is 14.5. The number of aliphatic hydroxyl groups is 1. The maximum Gasteiger partial charge on any atom is 0.181 e. The molecule has 2 aromatic rings. The molecule has 0 atom stereocenters. The Labute approximate surface area is 124 Å². The molecule has 2 aromatic carbocycles. The molecular weight excluding hydrogens is 325 g/mol. The molecule has 1 N–H and O–H groups in total. The Morgan fingerprint density at radius 3 is 2.50 bits per heavy atom. The molecule has 0 aliphatic carbocycles. The summed E-state index contributed by atoms with van der Waals surface area (Å²) in [5.41, 5.74) is 1.19. The summed E-state index contributed by atoms with van der Waals surface area (Å²) in [5.74, 6) is -0.0727. The van der Waals surface area contributed by atoms with Gasteiger partial charge in [-0.05, 0) is 52.2 Å². The van der Waals surface area contributed by atoms with Gasteiger partial charge in [0.2, 0.25) is 0 Å². The van der Waals surface area contributed by atoms with E-state index in [0.717, 1.165) is 5.56 Å². The smallest absolute Gasteiger partial charge is 0.181 e. The highest BCUT2D eigenvalue weighted by atomic mass is 79.9. The Morgan fingerprint density at radius 1 is 1.20 bits per heavy atom. The number of halogens is 2. The number of rotatable bonds is 4. The van der Waals surface area contributed by atoms with Crippen molar-refractivity contribution in [2.45, 2.75) is 6.42 Å². The molecule has 0 amide bonds. The number of benzene rings is 2. The zero-order chi connectivity index (χ0) is 14.5. The zero-order valence-electron chi connectivity index (χ0n) is 10.4. The third-order valence-corrected chi connectivity index (χ3v) is 3.49. The molecule has 20 heavy (non-hydrogen) atoms. The SMILES string of the molecule is N#Cc1ccc(Oc2ccc(CCO)cc2)c(F)c1Br. The van der Waals surface area contributed by atoms with E-state index in [1.54, 1.807) is 12.1 Å². The Kier molecular flexibility index (Phi) is 4.72. The van der Waals surface area contributed by atoms with Crippen LogP contribution in [-0.2, 0) is 6.42 Å². The molecule has 102 valence electrons. The van der Waals surface area contributed by atoms with E-state index in [1.807, 2.05) is 18.2 Å². The summed E-state index contributed by atoms with van der Waals surface area (Å²) in [6.45, 7) is 0.0808. The zero-order valence-corrected chi connectivity index (χ0v) is 12.0. The molecule has 0 saturated carbocycles. The number of nitrogens with zero attached hydrogens (tertiary/aromatic N) is 1. The van der Waals surface area contributed by atoms with E-state index >= 15 is 0 Å². The third-order valence-electron chi connectivity index (χ3n) is 2.72. The topological polar surface area (TPSA) is 53.2 Å². The van der Waals surface area contributed by atoms with E-state index in [0.29, 0.717) is 12.2 Å². The van der Waals surface area contributed by atoms with Crippen LogP contribution in [0.25, 0.3) is 0 Å². The number of ether oxygens (including phenoxy) is 1. The van der Waals surface area contributed by atoms with Crippen molar-refractivity contribution >= 4 is 15.9 Å². The summed E-state index contributed by atoms with van der Waals surface area (Å²) >= 11 is 3.03. The monoisotopic (exact) mass is 335 g/mol. The number of hydrogen-bond donors (Lipinski definition) is 1. The van der Waals surface area contributed by atoms with Gasteiger partial charge in [0.25, 0.3) is 0 Å². The lowest BCUT2D eigenvalue weighted by Gasteiger charge is -2.09. The lowest BCUT2D eigenvalue weighted by atomic mass is 10.1. The van der Waals surface area contributed by atoms with Crippen LogP contribution in [0.1, 0.15) is 11.1 Å². The second-order valence-electron chi connectivity index (χ2n) is 4.07. The summed E-state index contributed by atoms with van der Waals surface area (Å²) in [7, 11) is 0. The second-order valence-corrected chi connectivity index (χ2v) is 4.86. The van der Waals surface area contributed by atoms with Crippen molar-refractivity contribution in [3.63, 3.8) is 0 Å². The van der Waals surface area contributed by atoms with Gasteiger partial charge in [-0.3, -0.25) is 0 Å². The van der Waals surface area contributed by atoms with Gasteiger partial charge in [0.1, 0.15) is 11.8 Å². The molecule has 0 radical (unpaired) electrons. The van der Waals surface area contributed by atoms with Gasteiger partial charge in [0.15, 0.2) is 11.6 Å². The van der Waals surface area contributed by atoms with Crippen LogP contribution >= 0.6 is 15.9 Å². The third kappa shape index (κ3) is 3.16. The van der Waals surface area contributed by atoms with Gasteiger partial charge in [-0.2, -0.15) is 5.26 Å². The summed E-state index contributed by atoms with van der Waals surface area (Å²) in [6.07, 6.45) is 0.567. The average Bonchev–Trinajstić information content (AvgIpc) is 2.46. The highest BCUT2D eigenvalue weighted by Crippen LogP contribution is 2.31. The van der Waals surface area contributed by atoms with Gasteiger partial charge >= 0.3 is 0 Å². The van der Waals surface area contributed by atoms with Crippen molar-refractivity contribution in [3.8, 4) is 17.6 Å². The summed E-state index contributed by atoms with van der Waals surface area (Å²) in [4.78, 5) is 0. The number of hydrogen-bond acceptors (Lipinski definition) is 3. The summed E-state index contributed by atoms with van der Waals surface area (Å²) in [6, 6.07) is 11.8. The van der Waals surface area contributed by atoms with Crippen LogP contribution in [0.3, 0.4) is 0 Å². The quantitative estimate of drug-likeness (QED) is 0.924. The molecule has 3 nitrogen and oxygen atoms in total. The molecule has 0 aliphatic heterocycles. The van der Waals surface area contributed by atoms with Crippen molar-refractivity contribution in [2.75, 3.05) is 6.61 Å². The van der Waals surface area contributed by atoms with E-state index in [-0.39, 0.29) is 22.4 Å². The molecular formula is C15H11BrFNO2. The van der Waals surface area contributed by atoms with E-state index in [1.165, 1.54) is 12.1 Å². The van der Waals surface area contributed by atoms with Gasteiger partial charge in [-0.15, -0.1) is 0 Å². The van der Waals surface area contributed by atoms with Gasteiger partial charge < -0.3 is 9.84 Å². The molecule has 0 spiro atoms. The first-order valence-corrected chi connectivity index (χ1v) is 6.70. The summed E-state index contributed by atoms with van der Waals surface area (Å²) in [5, 5.41) is 17.6. The van der Waals surface area contributed by atoms with Gasteiger partial charge in [-0.25, -0.2) is 4.39 Å². The van der Waals surface area contributed by atoms with Gasteiger partial charge in [-0.1, -0.05) is 12.1 Å². The molecule has 0 saturated heterocycles. The van der Waals surface area contributed by atoms with Crippen molar-refractivity contribution in [1.82, 2.24) is 0 Å². The Morgan fingerprint density at radius 2 is 1.90 bits per heavy atom. The largest absolute Gasteiger partial charge is 0.454 e. The van der Waals surface area contributed by atoms with E-state index in [2.05, 4.69) is 15.9 Å². The molecule has 0 bridgehead atoms. The second kappa shape index (κ2) is 6.51. The first-order valence-electron chi connectivity index (χ1n) is 5.91. The summed E-state index contributed by atoms with van der Waals surface area (Å²) < 4.78 is 19.5. The maximum absolute atomic E-state index is 14.0. The fourth-order valence-electron chi connectivity index (χ4n) is 1.68. The molecule has 0 unspecified atom stereocenters. The minimum absolute atomic E-state index is 0.0470. The van der Waals surface area contributed by atoms with Crippen LogP contribution in [0.2, 0.25) is 0 Å². The molecule has 0 heterocycles. The van der Waals surface area contributed by atoms with Crippen LogP contribution in [0.4, 0.5) is 4.39 Å². The molecule has 0 aromatic heterocycles. The van der Waals surface area contributed by atoms with E-state index in [9.17, 15) is 4.39 Å². The highest BCUT2D eigenvalue weighted by molar-refractivity contribution is 9.10. The lowest BCUT2D eigenvalue weighted by Crippen LogP contribution is -1.93. The Bertz CT molecular complexity index is 650. The van der Waals surface area contributed by atoms with Gasteiger partial charge in [0.05, 0.1) is 10.0 Å². The predicted molar refractivity (Wildman–Crippen MR) is 76.1 cm³/mol. The van der Waals surface area contributed by atoms with E-state index in [4.69, 9.17) is 15.1 Å². The number of aliphatic hydroxyl groups excluding tert-OH is 1. The van der Waals surface area contributed by atoms with Crippen LogP contribution in [0.15, 0.2) is 40.9 Å². The van der Waals surface area contributed by atoms with Crippen molar-refractivity contribution in [2.24, 2.45) is 0 Å². The van der Waals surface area contributed by atoms with E-state index < -0.39 is 5.82 Å².